The second-order valence-corrected chi connectivity index (χ2v) is 6.29. The Bertz CT molecular complexity index is 349. The first-order chi connectivity index (χ1) is 8.14. The van der Waals surface area contributed by atoms with Crippen molar-refractivity contribution in [2.24, 2.45) is 16.6 Å². The predicted octanol–water partition coefficient (Wildman–Crippen LogP) is 1.07. The molecule has 2 atom stereocenters. The van der Waals surface area contributed by atoms with E-state index < -0.39 is 17.4 Å². The molecule has 5 heteroatoms. The maximum Gasteiger partial charge on any atom is 0.311 e. The SMILES string of the molecule is CCC1(C(=O)O)CCN(C(=O)[C@H](N)C(C)(C)C)C1. The average Bonchev–Trinajstić information content (AvgIpc) is 2.71. The highest BCUT2D eigenvalue weighted by Crippen LogP contribution is 2.35. The molecule has 0 saturated carbocycles. The number of nitrogens with zero attached hydrogens (tertiary/aromatic N) is 1. The molecule has 5 nitrogen and oxygen atoms in total. The summed E-state index contributed by atoms with van der Waals surface area (Å²) in [7, 11) is 0. The normalized spacial score (nSPS) is 26.2. The lowest BCUT2D eigenvalue weighted by molar-refractivity contribution is -0.148. The number of aliphatic carboxylic acids is 1. The molecule has 0 aromatic carbocycles. The number of carboxylic acids is 1. The van der Waals surface area contributed by atoms with Gasteiger partial charge in [-0.25, -0.2) is 0 Å². The Hall–Kier alpha value is -1.10. The molecule has 1 rings (SSSR count). The molecule has 1 amide bonds. The van der Waals surface area contributed by atoms with Gasteiger partial charge in [-0.15, -0.1) is 0 Å². The van der Waals surface area contributed by atoms with Crippen molar-refractivity contribution < 1.29 is 14.7 Å². The fourth-order valence-electron chi connectivity index (χ4n) is 2.24. The third-order valence-corrected chi connectivity index (χ3v) is 3.99. The molecule has 104 valence electrons. The largest absolute Gasteiger partial charge is 0.481 e. The molecule has 1 aliphatic heterocycles. The van der Waals surface area contributed by atoms with Gasteiger partial charge in [-0.1, -0.05) is 27.7 Å². The molecule has 0 bridgehead atoms. The third-order valence-electron chi connectivity index (χ3n) is 3.99. The van der Waals surface area contributed by atoms with Crippen molar-refractivity contribution in [1.82, 2.24) is 4.90 Å². The molecule has 0 aliphatic carbocycles. The summed E-state index contributed by atoms with van der Waals surface area (Å²) >= 11 is 0. The van der Waals surface area contributed by atoms with Gasteiger partial charge in [0, 0.05) is 13.1 Å². The van der Waals surface area contributed by atoms with Crippen molar-refractivity contribution in [2.75, 3.05) is 13.1 Å². The van der Waals surface area contributed by atoms with Crippen LogP contribution in [0.2, 0.25) is 0 Å². The zero-order valence-corrected chi connectivity index (χ0v) is 11.7. The molecular formula is C13H24N2O3. The first kappa shape index (κ1) is 15.0. The number of hydrogen-bond acceptors (Lipinski definition) is 3. The molecule has 0 aromatic heterocycles. The summed E-state index contributed by atoms with van der Waals surface area (Å²) in [4.78, 5) is 25.2. The molecule has 1 fully saturated rings. The first-order valence-corrected chi connectivity index (χ1v) is 6.42. The highest BCUT2D eigenvalue weighted by atomic mass is 16.4. The Labute approximate surface area is 108 Å². The summed E-state index contributed by atoms with van der Waals surface area (Å²) in [5, 5.41) is 9.29. The molecule has 3 N–H and O–H groups in total. The Balaban J connectivity index is 2.79. The maximum atomic E-state index is 12.2. The van der Waals surface area contributed by atoms with E-state index in [2.05, 4.69) is 0 Å². The first-order valence-electron chi connectivity index (χ1n) is 6.42. The van der Waals surface area contributed by atoms with Crippen molar-refractivity contribution >= 4 is 11.9 Å². The molecule has 1 aliphatic rings. The van der Waals surface area contributed by atoms with Crippen LogP contribution in [0.25, 0.3) is 0 Å². The highest BCUT2D eigenvalue weighted by Gasteiger charge is 2.46. The van der Waals surface area contributed by atoms with Crippen molar-refractivity contribution in [2.45, 2.75) is 46.6 Å². The zero-order chi connectivity index (χ0) is 14.1. The number of carbonyl (C=O) groups is 2. The van der Waals surface area contributed by atoms with Crippen LogP contribution in [0, 0.1) is 10.8 Å². The number of rotatable bonds is 3. The number of carboxylic acid groups (broad SMARTS) is 1. The molecule has 0 spiro atoms. The second-order valence-electron chi connectivity index (χ2n) is 6.29. The number of amides is 1. The van der Waals surface area contributed by atoms with Crippen LogP contribution in [-0.2, 0) is 9.59 Å². The van der Waals surface area contributed by atoms with E-state index in [1.54, 1.807) is 4.90 Å². The van der Waals surface area contributed by atoms with Gasteiger partial charge in [-0.05, 0) is 18.3 Å². The van der Waals surface area contributed by atoms with E-state index in [0.29, 0.717) is 19.4 Å². The van der Waals surface area contributed by atoms with Crippen LogP contribution in [0.4, 0.5) is 0 Å². The van der Waals surface area contributed by atoms with Crippen LogP contribution in [0.5, 0.6) is 0 Å². The maximum absolute atomic E-state index is 12.2. The molecule has 0 aromatic rings. The Morgan fingerprint density at radius 1 is 1.44 bits per heavy atom. The second kappa shape index (κ2) is 4.88. The van der Waals surface area contributed by atoms with Gasteiger partial charge in [0.05, 0.1) is 11.5 Å². The standard InChI is InChI=1S/C13H24N2O3/c1-5-13(11(17)18)6-7-15(8-13)10(16)9(14)12(2,3)4/h9H,5-8,14H2,1-4H3,(H,17,18)/t9-,13?/m0/s1. The fourth-order valence-corrected chi connectivity index (χ4v) is 2.24. The summed E-state index contributed by atoms with van der Waals surface area (Å²) in [5.74, 6) is -0.955. The summed E-state index contributed by atoms with van der Waals surface area (Å²) in [5.41, 5.74) is 4.85. The van der Waals surface area contributed by atoms with Crippen molar-refractivity contribution in [1.29, 1.82) is 0 Å². The number of hydrogen-bond donors (Lipinski definition) is 2. The van der Waals surface area contributed by atoms with E-state index in [9.17, 15) is 14.7 Å². The molecule has 1 unspecified atom stereocenters. The molecule has 0 radical (unpaired) electrons. The van der Waals surface area contributed by atoms with Gasteiger partial charge >= 0.3 is 5.97 Å². The predicted molar refractivity (Wildman–Crippen MR) is 69.0 cm³/mol. The lowest BCUT2D eigenvalue weighted by atomic mass is 9.84. The van der Waals surface area contributed by atoms with Crippen molar-refractivity contribution in [3.05, 3.63) is 0 Å². The molecule has 18 heavy (non-hydrogen) atoms. The molecule has 1 heterocycles. The van der Waals surface area contributed by atoms with Crippen molar-refractivity contribution in [3.63, 3.8) is 0 Å². The van der Waals surface area contributed by atoms with Gasteiger partial charge in [0.1, 0.15) is 0 Å². The van der Waals surface area contributed by atoms with Crippen LogP contribution >= 0.6 is 0 Å². The van der Waals surface area contributed by atoms with Crippen LogP contribution in [-0.4, -0.2) is 41.0 Å². The van der Waals surface area contributed by atoms with E-state index in [0.717, 1.165) is 0 Å². The lowest BCUT2D eigenvalue weighted by Crippen LogP contribution is -2.50. The number of nitrogens with two attached hydrogens (primary N) is 1. The zero-order valence-electron chi connectivity index (χ0n) is 11.7. The van der Waals surface area contributed by atoms with Gasteiger partial charge in [0.15, 0.2) is 0 Å². The van der Waals surface area contributed by atoms with Gasteiger partial charge in [-0.3, -0.25) is 9.59 Å². The Morgan fingerprint density at radius 3 is 2.33 bits per heavy atom. The van der Waals surface area contributed by atoms with Crippen LogP contribution in [0.15, 0.2) is 0 Å². The molecular weight excluding hydrogens is 232 g/mol. The van der Waals surface area contributed by atoms with E-state index in [-0.39, 0.29) is 17.9 Å². The Kier molecular flexibility index (Phi) is 4.05. The fraction of sp³-hybridized carbons (Fsp3) is 0.846. The summed E-state index contributed by atoms with van der Waals surface area (Å²) < 4.78 is 0. The smallest absolute Gasteiger partial charge is 0.311 e. The minimum absolute atomic E-state index is 0.140. The summed E-state index contributed by atoms with van der Waals surface area (Å²) in [6, 6.07) is -0.584. The minimum atomic E-state index is -0.815. The van der Waals surface area contributed by atoms with Gasteiger partial charge in [0.2, 0.25) is 5.91 Å². The van der Waals surface area contributed by atoms with E-state index in [4.69, 9.17) is 5.73 Å². The van der Waals surface area contributed by atoms with Crippen LogP contribution < -0.4 is 5.73 Å². The minimum Gasteiger partial charge on any atom is -0.481 e. The van der Waals surface area contributed by atoms with Crippen LogP contribution in [0.3, 0.4) is 0 Å². The third kappa shape index (κ3) is 2.66. The van der Waals surface area contributed by atoms with E-state index in [1.807, 2.05) is 27.7 Å². The lowest BCUT2D eigenvalue weighted by Gasteiger charge is -2.30. The van der Waals surface area contributed by atoms with Gasteiger partial charge in [0.25, 0.3) is 0 Å². The van der Waals surface area contributed by atoms with Crippen LogP contribution in [0.1, 0.15) is 40.5 Å². The van der Waals surface area contributed by atoms with E-state index >= 15 is 0 Å². The molecule has 1 saturated heterocycles. The van der Waals surface area contributed by atoms with Crippen molar-refractivity contribution in [3.8, 4) is 0 Å². The average molecular weight is 256 g/mol. The highest BCUT2D eigenvalue weighted by molar-refractivity contribution is 5.84. The Morgan fingerprint density at radius 2 is 2.00 bits per heavy atom. The number of likely N-dealkylation sites (tertiary alicyclic amines) is 1. The monoisotopic (exact) mass is 256 g/mol. The number of carbonyl (C=O) groups excluding carboxylic acids is 1. The van der Waals surface area contributed by atoms with E-state index in [1.165, 1.54) is 0 Å². The van der Waals surface area contributed by atoms with Gasteiger partial charge in [-0.2, -0.15) is 0 Å². The topological polar surface area (TPSA) is 83.6 Å². The summed E-state index contributed by atoms with van der Waals surface area (Å²) in [6.45, 7) is 8.36. The van der Waals surface area contributed by atoms with Gasteiger partial charge < -0.3 is 15.7 Å². The summed E-state index contributed by atoms with van der Waals surface area (Å²) in [6.07, 6.45) is 1.05. The quantitative estimate of drug-likeness (QED) is 0.791.